The van der Waals surface area contributed by atoms with Gasteiger partial charge in [-0.2, -0.15) is 5.10 Å². The fourth-order valence-electron chi connectivity index (χ4n) is 1.78. The number of nitrogens with one attached hydrogen (secondary N) is 2. The summed E-state index contributed by atoms with van der Waals surface area (Å²) in [7, 11) is 1.45. The van der Waals surface area contributed by atoms with E-state index < -0.39 is 0 Å². The molecule has 0 fully saturated rings. The third kappa shape index (κ3) is 2.51. The summed E-state index contributed by atoms with van der Waals surface area (Å²) in [6.07, 6.45) is 1.75. The van der Waals surface area contributed by atoms with Gasteiger partial charge in [0, 0.05) is 17.7 Å². The molecule has 0 unspecified atom stereocenters. The highest BCUT2D eigenvalue weighted by atomic mass is 19.1. The van der Waals surface area contributed by atoms with Gasteiger partial charge in [-0.3, -0.25) is 5.10 Å². The summed E-state index contributed by atoms with van der Waals surface area (Å²) in [6.45, 7) is 3.62. The van der Waals surface area contributed by atoms with Crippen LogP contribution in [-0.4, -0.2) is 23.9 Å². The first kappa shape index (κ1) is 12.6. The number of rotatable bonds is 5. The molecule has 2 aromatic rings. The summed E-state index contributed by atoms with van der Waals surface area (Å²) < 4.78 is 18.6. The molecule has 0 aliphatic rings. The van der Waals surface area contributed by atoms with E-state index in [4.69, 9.17) is 4.74 Å². The number of ether oxygens (including phenoxy) is 1. The van der Waals surface area contributed by atoms with Crippen molar-refractivity contribution in [3.8, 4) is 17.0 Å². The molecule has 2 N–H and O–H groups in total. The van der Waals surface area contributed by atoms with Gasteiger partial charge in [0.25, 0.3) is 0 Å². The molecular formula is C13H16FN3O. The Balaban J connectivity index is 2.31. The Bertz CT molecular complexity index is 525. The topological polar surface area (TPSA) is 49.9 Å². The minimum absolute atomic E-state index is 0.242. The molecule has 0 saturated heterocycles. The van der Waals surface area contributed by atoms with Crippen LogP contribution in [0.25, 0.3) is 11.3 Å². The summed E-state index contributed by atoms with van der Waals surface area (Å²) in [5.41, 5.74) is 2.61. The molecule has 0 bridgehead atoms. The number of aromatic nitrogens is 2. The van der Waals surface area contributed by atoms with Crippen LogP contribution in [0.3, 0.4) is 0 Å². The first-order chi connectivity index (χ1) is 8.76. The molecule has 18 heavy (non-hydrogen) atoms. The lowest BCUT2D eigenvalue weighted by Crippen LogP contribution is -2.11. The van der Waals surface area contributed by atoms with Crippen LogP contribution in [0.1, 0.15) is 12.5 Å². The smallest absolute Gasteiger partial charge is 0.165 e. The first-order valence-corrected chi connectivity index (χ1v) is 5.83. The maximum atomic E-state index is 13.7. The number of nitrogens with zero attached hydrogens (tertiary/aromatic N) is 1. The van der Waals surface area contributed by atoms with E-state index in [0.717, 1.165) is 23.4 Å². The minimum Gasteiger partial charge on any atom is -0.494 e. The maximum absolute atomic E-state index is 13.7. The number of hydrogen-bond acceptors (Lipinski definition) is 3. The van der Waals surface area contributed by atoms with Crippen molar-refractivity contribution >= 4 is 0 Å². The molecule has 1 aromatic heterocycles. The average molecular weight is 249 g/mol. The molecular weight excluding hydrogens is 233 g/mol. The Morgan fingerprint density at radius 3 is 2.94 bits per heavy atom. The molecule has 0 atom stereocenters. The number of halogens is 1. The number of hydrogen-bond donors (Lipinski definition) is 2. The molecule has 2 rings (SSSR count). The lowest BCUT2D eigenvalue weighted by atomic mass is 10.1. The molecule has 4 nitrogen and oxygen atoms in total. The summed E-state index contributed by atoms with van der Waals surface area (Å²) in [6, 6.07) is 4.87. The fraction of sp³-hybridized carbons (Fsp3) is 0.308. The van der Waals surface area contributed by atoms with Crippen molar-refractivity contribution in [2.24, 2.45) is 0 Å². The van der Waals surface area contributed by atoms with Gasteiger partial charge >= 0.3 is 0 Å². The molecule has 0 aliphatic heterocycles. The van der Waals surface area contributed by atoms with E-state index in [1.54, 1.807) is 12.3 Å². The van der Waals surface area contributed by atoms with E-state index in [9.17, 15) is 4.39 Å². The van der Waals surface area contributed by atoms with Gasteiger partial charge in [0.2, 0.25) is 0 Å². The molecule has 0 radical (unpaired) electrons. The highest BCUT2D eigenvalue weighted by Crippen LogP contribution is 2.26. The lowest BCUT2D eigenvalue weighted by Gasteiger charge is -2.06. The van der Waals surface area contributed by atoms with Crippen molar-refractivity contribution in [2.75, 3.05) is 13.7 Å². The van der Waals surface area contributed by atoms with Crippen LogP contribution < -0.4 is 10.1 Å². The van der Waals surface area contributed by atoms with Crippen molar-refractivity contribution in [3.05, 3.63) is 35.8 Å². The number of H-pyrrole nitrogens is 1. The van der Waals surface area contributed by atoms with Crippen molar-refractivity contribution in [2.45, 2.75) is 13.5 Å². The second-order valence-electron chi connectivity index (χ2n) is 3.90. The highest BCUT2D eigenvalue weighted by molar-refractivity contribution is 5.63. The van der Waals surface area contributed by atoms with E-state index in [-0.39, 0.29) is 11.6 Å². The predicted molar refractivity (Wildman–Crippen MR) is 67.9 cm³/mol. The minimum atomic E-state index is -0.376. The van der Waals surface area contributed by atoms with Gasteiger partial charge in [0.15, 0.2) is 11.6 Å². The fourth-order valence-corrected chi connectivity index (χ4v) is 1.78. The second kappa shape index (κ2) is 5.64. The van der Waals surface area contributed by atoms with Crippen molar-refractivity contribution in [1.82, 2.24) is 15.5 Å². The quantitative estimate of drug-likeness (QED) is 0.855. The van der Waals surface area contributed by atoms with Crippen LogP contribution in [0.5, 0.6) is 5.75 Å². The predicted octanol–water partition coefficient (Wildman–Crippen LogP) is 2.33. The Kier molecular flexibility index (Phi) is 3.94. The zero-order valence-electron chi connectivity index (χ0n) is 10.5. The summed E-state index contributed by atoms with van der Waals surface area (Å²) in [5.74, 6) is -0.134. The largest absolute Gasteiger partial charge is 0.494 e. The molecule has 1 heterocycles. The third-order valence-electron chi connectivity index (χ3n) is 2.72. The van der Waals surface area contributed by atoms with E-state index >= 15 is 0 Å². The normalized spacial score (nSPS) is 10.6. The highest BCUT2D eigenvalue weighted by Gasteiger charge is 2.10. The van der Waals surface area contributed by atoms with Crippen LogP contribution in [-0.2, 0) is 6.54 Å². The van der Waals surface area contributed by atoms with E-state index in [1.807, 2.05) is 13.0 Å². The molecule has 1 aromatic carbocycles. The second-order valence-corrected chi connectivity index (χ2v) is 3.90. The van der Waals surface area contributed by atoms with E-state index in [0.29, 0.717) is 6.54 Å². The first-order valence-electron chi connectivity index (χ1n) is 5.83. The summed E-state index contributed by atoms with van der Waals surface area (Å²) in [5, 5.41) is 10.1. The number of aromatic amines is 1. The van der Waals surface area contributed by atoms with Gasteiger partial charge in [-0.15, -0.1) is 0 Å². The molecule has 0 spiro atoms. The summed E-state index contributed by atoms with van der Waals surface area (Å²) in [4.78, 5) is 0. The van der Waals surface area contributed by atoms with E-state index in [1.165, 1.54) is 13.2 Å². The van der Waals surface area contributed by atoms with Gasteiger partial charge in [0.05, 0.1) is 19.0 Å². The zero-order valence-corrected chi connectivity index (χ0v) is 10.5. The average Bonchev–Trinajstić information content (AvgIpc) is 2.84. The number of benzene rings is 1. The van der Waals surface area contributed by atoms with Crippen LogP contribution >= 0.6 is 0 Å². The van der Waals surface area contributed by atoms with Crippen molar-refractivity contribution in [1.29, 1.82) is 0 Å². The van der Waals surface area contributed by atoms with Crippen molar-refractivity contribution in [3.63, 3.8) is 0 Å². The maximum Gasteiger partial charge on any atom is 0.165 e. The van der Waals surface area contributed by atoms with Gasteiger partial charge in [0.1, 0.15) is 0 Å². The van der Waals surface area contributed by atoms with Gasteiger partial charge < -0.3 is 10.1 Å². The van der Waals surface area contributed by atoms with Gasteiger partial charge in [-0.1, -0.05) is 6.92 Å². The van der Waals surface area contributed by atoms with Gasteiger partial charge in [-0.25, -0.2) is 4.39 Å². The van der Waals surface area contributed by atoms with Gasteiger partial charge in [-0.05, 0) is 24.7 Å². The molecule has 96 valence electrons. The standard InChI is InChI=1S/C13H16FN3O/c1-3-15-7-10-8-16-17-13(10)9-4-5-12(18-2)11(14)6-9/h4-6,8,15H,3,7H2,1-2H3,(H,16,17). The van der Waals surface area contributed by atoms with Crippen molar-refractivity contribution < 1.29 is 9.13 Å². The molecule has 0 aliphatic carbocycles. The summed E-state index contributed by atoms with van der Waals surface area (Å²) >= 11 is 0. The Morgan fingerprint density at radius 2 is 2.28 bits per heavy atom. The van der Waals surface area contributed by atoms with Crippen LogP contribution in [0, 0.1) is 5.82 Å². The third-order valence-corrected chi connectivity index (χ3v) is 2.72. The molecule has 5 heteroatoms. The van der Waals surface area contributed by atoms with Crippen LogP contribution in [0.15, 0.2) is 24.4 Å². The zero-order chi connectivity index (χ0) is 13.0. The molecule has 0 amide bonds. The Morgan fingerprint density at radius 1 is 1.44 bits per heavy atom. The monoisotopic (exact) mass is 249 g/mol. The van der Waals surface area contributed by atoms with E-state index in [2.05, 4.69) is 15.5 Å². The lowest BCUT2D eigenvalue weighted by molar-refractivity contribution is 0.386. The van der Waals surface area contributed by atoms with Crippen LogP contribution in [0.4, 0.5) is 4.39 Å². The number of methoxy groups -OCH3 is 1. The Labute approximate surface area is 105 Å². The molecule has 0 saturated carbocycles. The SMILES string of the molecule is CCNCc1cn[nH]c1-c1ccc(OC)c(F)c1. The van der Waals surface area contributed by atoms with Crippen LogP contribution in [0.2, 0.25) is 0 Å². The Hall–Kier alpha value is -1.88.